The lowest BCUT2D eigenvalue weighted by Crippen LogP contribution is -2.32. The van der Waals surface area contributed by atoms with Crippen LogP contribution in [0.25, 0.3) is 6.08 Å². The molecule has 0 atom stereocenters. The number of ether oxygens (including phenoxy) is 1. The normalized spacial score (nSPS) is 15.2. The van der Waals surface area contributed by atoms with Crippen LogP contribution in [-0.2, 0) is 4.79 Å². The van der Waals surface area contributed by atoms with Crippen molar-refractivity contribution in [1.82, 2.24) is 0 Å². The minimum absolute atomic E-state index is 0.164. The zero-order chi connectivity index (χ0) is 19.5. The first kappa shape index (κ1) is 18.5. The number of rotatable bonds is 5. The molecular weight excluding hydrogens is 392 g/mol. The van der Waals surface area contributed by atoms with Crippen molar-refractivity contribution in [3.8, 4) is 5.75 Å². The molecule has 0 fully saturated rings. The Labute approximate surface area is 172 Å². The van der Waals surface area contributed by atoms with Gasteiger partial charge in [-0.05, 0) is 73.0 Å². The van der Waals surface area contributed by atoms with Gasteiger partial charge in [0.15, 0.2) is 0 Å². The second kappa shape index (κ2) is 8.00. The van der Waals surface area contributed by atoms with Crippen LogP contribution in [0.1, 0.15) is 17.4 Å². The predicted octanol–water partition coefficient (Wildman–Crippen LogP) is 5.63. The number of carbonyl (C=O) groups is 1. The van der Waals surface area contributed by atoms with Crippen LogP contribution in [0.4, 0.5) is 5.69 Å². The lowest BCUT2D eigenvalue weighted by atomic mass is 10.1. The Bertz CT molecular complexity index is 1040. The average Bonchev–Trinajstić information content (AvgIpc) is 3.32. The summed E-state index contributed by atoms with van der Waals surface area (Å²) < 4.78 is 5.51. The second-order valence-corrected chi connectivity index (χ2v) is 7.47. The number of thiophene rings is 1. The molecule has 4 nitrogen and oxygen atoms in total. The number of halogens is 1. The first-order chi connectivity index (χ1) is 13.7. The molecule has 3 aromatic rings. The molecule has 1 amide bonds. The molecule has 140 valence electrons. The van der Waals surface area contributed by atoms with Gasteiger partial charge in [0, 0.05) is 15.5 Å². The molecule has 4 rings (SSSR count). The molecule has 0 radical (unpaired) electrons. The fourth-order valence-electron chi connectivity index (χ4n) is 2.92. The van der Waals surface area contributed by atoms with Gasteiger partial charge in [0.1, 0.15) is 17.3 Å². The molecule has 0 saturated carbocycles. The molecule has 1 aliphatic rings. The third kappa shape index (κ3) is 3.72. The van der Waals surface area contributed by atoms with E-state index in [1.54, 1.807) is 28.4 Å². The summed E-state index contributed by atoms with van der Waals surface area (Å²) in [6.07, 6.45) is 1.82. The second-order valence-electron chi connectivity index (χ2n) is 6.05. The average molecular weight is 409 g/mol. The van der Waals surface area contributed by atoms with E-state index in [0.29, 0.717) is 23.2 Å². The minimum atomic E-state index is -0.164. The lowest BCUT2D eigenvalue weighted by molar-refractivity contribution is -0.113. The molecule has 0 saturated heterocycles. The van der Waals surface area contributed by atoms with Crippen LogP contribution in [0.3, 0.4) is 0 Å². The summed E-state index contributed by atoms with van der Waals surface area (Å²) >= 11 is 7.59. The number of anilines is 1. The van der Waals surface area contributed by atoms with Crippen molar-refractivity contribution in [1.29, 1.82) is 0 Å². The SMILES string of the molecule is CCOc1ccc(N2C(=O)/C(=C\c3cccs3)N=C2c2ccc(Cl)cc2)cc1. The zero-order valence-electron chi connectivity index (χ0n) is 15.1. The minimum Gasteiger partial charge on any atom is -0.494 e. The van der Waals surface area contributed by atoms with Gasteiger partial charge in [-0.1, -0.05) is 17.7 Å². The van der Waals surface area contributed by atoms with E-state index in [4.69, 9.17) is 16.3 Å². The Hall–Kier alpha value is -2.89. The number of hydrogen-bond donors (Lipinski definition) is 0. The summed E-state index contributed by atoms with van der Waals surface area (Å²) in [4.78, 5) is 20.4. The molecule has 28 heavy (non-hydrogen) atoms. The van der Waals surface area contributed by atoms with Crippen LogP contribution in [-0.4, -0.2) is 18.3 Å². The maximum atomic E-state index is 13.2. The van der Waals surface area contributed by atoms with Crippen molar-refractivity contribution >= 4 is 46.4 Å². The van der Waals surface area contributed by atoms with E-state index in [0.717, 1.165) is 21.9 Å². The molecule has 0 N–H and O–H groups in total. The Morgan fingerprint density at radius 2 is 1.86 bits per heavy atom. The van der Waals surface area contributed by atoms with Gasteiger partial charge in [-0.2, -0.15) is 0 Å². The Morgan fingerprint density at radius 3 is 2.50 bits per heavy atom. The van der Waals surface area contributed by atoms with Gasteiger partial charge in [-0.3, -0.25) is 9.69 Å². The summed E-state index contributed by atoms with van der Waals surface area (Å²) in [5.41, 5.74) is 1.96. The van der Waals surface area contributed by atoms with Crippen LogP contribution in [0.2, 0.25) is 5.02 Å². The molecule has 1 aromatic heterocycles. The molecule has 6 heteroatoms. The molecule has 1 aliphatic heterocycles. The molecule has 0 bridgehead atoms. The van der Waals surface area contributed by atoms with Gasteiger partial charge < -0.3 is 4.74 Å². The number of benzene rings is 2. The van der Waals surface area contributed by atoms with E-state index in [1.165, 1.54) is 0 Å². The number of carbonyl (C=O) groups excluding carboxylic acids is 1. The maximum Gasteiger partial charge on any atom is 0.282 e. The molecule has 0 unspecified atom stereocenters. The largest absolute Gasteiger partial charge is 0.494 e. The summed E-state index contributed by atoms with van der Waals surface area (Å²) in [7, 11) is 0. The predicted molar refractivity (Wildman–Crippen MR) is 115 cm³/mol. The van der Waals surface area contributed by atoms with Gasteiger partial charge in [0.25, 0.3) is 5.91 Å². The highest BCUT2D eigenvalue weighted by Gasteiger charge is 2.32. The standard InChI is InChI=1S/C22H17ClN2O2S/c1-2-27-18-11-9-17(10-12-18)25-21(15-5-7-16(23)8-6-15)24-20(22(25)26)14-19-4-3-13-28-19/h3-14H,2H2,1H3/b20-14+. The summed E-state index contributed by atoms with van der Waals surface area (Å²) in [5, 5.41) is 2.61. The van der Waals surface area contributed by atoms with Crippen LogP contribution in [0.15, 0.2) is 76.7 Å². The number of aliphatic imine (C=N–C) groups is 1. The molecule has 2 aromatic carbocycles. The first-order valence-corrected chi connectivity index (χ1v) is 10.1. The van der Waals surface area contributed by atoms with Crippen molar-refractivity contribution in [2.45, 2.75) is 6.92 Å². The van der Waals surface area contributed by atoms with E-state index in [1.807, 2.05) is 66.9 Å². The lowest BCUT2D eigenvalue weighted by Gasteiger charge is -2.19. The van der Waals surface area contributed by atoms with Crippen molar-refractivity contribution in [3.63, 3.8) is 0 Å². The van der Waals surface area contributed by atoms with Gasteiger partial charge in [-0.15, -0.1) is 11.3 Å². The van der Waals surface area contributed by atoms with E-state index < -0.39 is 0 Å². The van der Waals surface area contributed by atoms with Crippen molar-refractivity contribution in [3.05, 3.63) is 87.2 Å². The Kier molecular flexibility index (Phi) is 5.28. The molecule has 2 heterocycles. The highest BCUT2D eigenvalue weighted by atomic mass is 35.5. The van der Waals surface area contributed by atoms with E-state index in [9.17, 15) is 4.79 Å². The topological polar surface area (TPSA) is 41.9 Å². The van der Waals surface area contributed by atoms with Gasteiger partial charge in [0.05, 0.1) is 12.3 Å². The number of hydrogen-bond acceptors (Lipinski definition) is 4. The van der Waals surface area contributed by atoms with Gasteiger partial charge in [-0.25, -0.2) is 4.99 Å². The van der Waals surface area contributed by atoms with Gasteiger partial charge in [0.2, 0.25) is 0 Å². The van der Waals surface area contributed by atoms with Crippen LogP contribution >= 0.6 is 22.9 Å². The summed E-state index contributed by atoms with van der Waals surface area (Å²) in [6, 6.07) is 18.7. The fourth-order valence-corrected chi connectivity index (χ4v) is 3.69. The highest BCUT2D eigenvalue weighted by Crippen LogP contribution is 2.30. The number of nitrogens with zero attached hydrogens (tertiary/aromatic N) is 2. The van der Waals surface area contributed by atoms with Crippen LogP contribution < -0.4 is 9.64 Å². The molecule has 0 spiro atoms. The third-order valence-corrected chi connectivity index (χ3v) is 5.26. The van der Waals surface area contributed by atoms with E-state index >= 15 is 0 Å². The summed E-state index contributed by atoms with van der Waals surface area (Å²) in [5.74, 6) is 1.17. The van der Waals surface area contributed by atoms with Crippen molar-refractivity contribution in [2.24, 2.45) is 4.99 Å². The fraction of sp³-hybridized carbons (Fsp3) is 0.0909. The monoisotopic (exact) mass is 408 g/mol. The maximum absolute atomic E-state index is 13.2. The van der Waals surface area contributed by atoms with Crippen molar-refractivity contribution < 1.29 is 9.53 Å². The first-order valence-electron chi connectivity index (χ1n) is 8.83. The smallest absolute Gasteiger partial charge is 0.282 e. The molecular formula is C22H17ClN2O2S. The number of amides is 1. The zero-order valence-corrected chi connectivity index (χ0v) is 16.7. The van der Waals surface area contributed by atoms with Crippen LogP contribution in [0, 0.1) is 0 Å². The van der Waals surface area contributed by atoms with E-state index in [2.05, 4.69) is 4.99 Å². The van der Waals surface area contributed by atoms with E-state index in [-0.39, 0.29) is 5.91 Å². The third-order valence-electron chi connectivity index (χ3n) is 4.19. The molecule has 0 aliphatic carbocycles. The van der Waals surface area contributed by atoms with Crippen LogP contribution in [0.5, 0.6) is 5.75 Å². The van der Waals surface area contributed by atoms with Gasteiger partial charge >= 0.3 is 0 Å². The quantitative estimate of drug-likeness (QED) is 0.513. The number of amidine groups is 1. The summed E-state index contributed by atoms with van der Waals surface area (Å²) in [6.45, 7) is 2.53. The Balaban J connectivity index is 1.77. The van der Waals surface area contributed by atoms with Crippen molar-refractivity contribution in [2.75, 3.05) is 11.5 Å². The highest BCUT2D eigenvalue weighted by molar-refractivity contribution is 7.10. The Morgan fingerprint density at radius 1 is 1.11 bits per heavy atom.